The van der Waals surface area contributed by atoms with E-state index in [2.05, 4.69) is 71.3 Å². The molecular formula is C15H25BrN2O. The lowest BCUT2D eigenvalue weighted by molar-refractivity contribution is 0.100. The van der Waals surface area contributed by atoms with Gasteiger partial charge >= 0.3 is 0 Å². The molecular weight excluding hydrogens is 304 g/mol. The second-order valence-corrected chi connectivity index (χ2v) is 6.13. The number of hydrogen-bond acceptors (Lipinski definition) is 3. The van der Waals surface area contributed by atoms with E-state index in [0.717, 1.165) is 24.2 Å². The summed E-state index contributed by atoms with van der Waals surface area (Å²) in [7, 11) is 3.91. The first-order valence-electron chi connectivity index (χ1n) is 6.70. The lowest BCUT2D eigenvalue weighted by Crippen LogP contribution is -2.44. The highest BCUT2D eigenvalue weighted by Crippen LogP contribution is 2.12. The quantitative estimate of drug-likeness (QED) is 0.794. The Morgan fingerprint density at radius 1 is 1.26 bits per heavy atom. The van der Waals surface area contributed by atoms with Gasteiger partial charge in [-0.05, 0) is 24.7 Å². The van der Waals surface area contributed by atoms with Crippen molar-refractivity contribution in [2.75, 3.05) is 27.3 Å². The van der Waals surface area contributed by atoms with Crippen LogP contribution in [0.3, 0.4) is 0 Å². The van der Waals surface area contributed by atoms with Crippen molar-refractivity contribution in [2.45, 2.75) is 32.5 Å². The largest absolute Gasteiger partial charge is 0.383 e. The molecule has 108 valence electrons. The summed E-state index contributed by atoms with van der Waals surface area (Å²) in [6, 6.07) is 9.36. The Labute approximate surface area is 125 Å². The molecule has 0 saturated heterocycles. The van der Waals surface area contributed by atoms with Gasteiger partial charge in [0, 0.05) is 36.8 Å². The second-order valence-electron chi connectivity index (χ2n) is 5.21. The molecule has 0 spiro atoms. The van der Waals surface area contributed by atoms with E-state index in [-0.39, 0.29) is 0 Å². The van der Waals surface area contributed by atoms with Gasteiger partial charge in [0.2, 0.25) is 0 Å². The van der Waals surface area contributed by atoms with Crippen LogP contribution in [0, 0.1) is 0 Å². The molecule has 0 heterocycles. The van der Waals surface area contributed by atoms with Crippen LogP contribution in [0.15, 0.2) is 28.7 Å². The Balaban J connectivity index is 2.55. The fraction of sp³-hybridized carbons (Fsp3) is 0.600. The molecule has 0 aliphatic heterocycles. The molecule has 4 heteroatoms. The minimum Gasteiger partial charge on any atom is -0.383 e. The summed E-state index contributed by atoms with van der Waals surface area (Å²) in [6.45, 7) is 6.95. The predicted molar refractivity (Wildman–Crippen MR) is 84.4 cm³/mol. The zero-order valence-electron chi connectivity index (χ0n) is 12.3. The van der Waals surface area contributed by atoms with Gasteiger partial charge in [-0.2, -0.15) is 0 Å². The normalized spacial score (nSPS) is 13.2. The molecule has 1 aromatic rings. The van der Waals surface area contributed by atoms with E-state index in [4.69, 9.17) is 4.74 Å². The minimum absolute atomic E-state index is 0.385. The SMILES string of the molecule is COCC(CNC(C)C)N(C)Cc1ccc(Br)cc1. The van der Waals surface area contributed by atoms with Gasteiger partial charge in [-0.1, -0.05) is 41.9 Å². The van der Waals surface area contributed by atoms with Crippen molar-refractivity contribution >= 4 is 15.9 Å². The van der Waals surface area contributed by atoms with Crippen LogP contribution >= 0.6 is 15.9 Å². The summed E-state index contributed by atoms with van der Waals surface area (Å²) in [5.74, 6) is 0. The van der Waals surface area contributed by atoms with Crippen LogP contribution < -0.4 is 5.32 Å². The molecule has 0 saturated carbocycles. The molecule has 1 unspecified atom stereocenters. The van der Waals surface area contributed by atoms with Gasteiger partial charge in [0.15, 0.2) is 0 Å². The van der Waals surface area contributed by atoms with E-state index in [1.54, 1.807) is 7.11 Å². The second kappa shape index (κ2) is 8.69. The average molecular weight is 329 g/mol. The molecule has 0 fully saturated rings. The van der Waals surface area contributed by atoms with Gasteiger partial charge in [0.25, 0.3) is 0 Å². The monoisotopic (exact) mass is 328 g/mol. The Morgan fingerprint density at radius 2 is 1.89 bits per heavy atom. The zero-order valence-corrected chi connectivity index (χ0v) is 13.9. The van der Waals surface area contributed by atoms with Gasteiger partial charge in [0.05, 0.1) is 6.61 Å². The molecule has 0 amide bonds. The van der Waals surface area contributed by atoms with E-state index in [1.165, 1.54) is 5.56 Å². The Morgan fingerprint density at radius 3 is 2.42 bits per heavy atom. The molecule has 3 nitrogen and oxygen atoms in total. The molecule has 0 aliphatic rings. The third kappa shape index (κ3) is 6.52. The summed E-state index contributed by atoms with van der Waals surface area (Å²) < 4.78 is 6.44. The summed E-state index contributed by atoms with van der Waals surface area (Å²) in [5.41, 5.74) is 1.32. The number of nitrogens with zero attached hydrogens (tertiary/aromatic N) is 1. The van der Waals surface area contributed by atoms with Gasteiger partial charge in [0.1, 0.15) is 0 Å². The van der Waals surface area contributed by atoms with Crippen molar-refractivity contribution in [3.05, 3.63) is 34.3 Å². The van der Waals surface area contributed by atoms with Crippen LogP contribution in [-0.2, 0) is 11.3 Å². The highest BCUT2D eigenvalue weighted by atomic mass is 79.9. The third-order valence-corrected chi connectivity index (χ3v) is 3.62. The molecule has 1 aromatic carbocycles. The average Bonchev–Trinajstić information content (AvgIpc) is 2.37. The highest BCUT2D eigenvalue weighted by Gasteiger charge is 2.15. The van der Waals surface area contributed by atoms with Gasteiger partial charge in [-0.15, -0.1) is 0 Å². The third-order valence-electron chi connectivity index (χ3n) is 3.09. The van der Waals surface area contributed by atoms with Crippen LogP contribution in [-0.4, -0.2) is 44.3 Å². The summed E-state index contributed by atoms with van der Waals surface area (Å²) >= 11 is 3.46. The number of likely N-dealkylation sites (N-methyl/N-ethyl adjacent to an activating group) is 1. The number of benzene rings is 1. The Kier molecular flexibility index (Phi) is 7.61. The number of halogens is 1. The number of ether oxygens (including phenoxy) is 1. The molecule has 0 radical (unpaired) electrons. The van der Waals surface area contributed by atoms with Crippen molar-refractivity contribution in [1.29, 1.82) is 0 Å². The number of nitrogens with one attached hydrogen (secondary N) is 1. The predicted octanol–water partition coefficient (Wildman–Crippen LogP) is 2.89. The molecule has 1 rings (SSSR count). The maximum absolute atomic E-state index is 5.33. The fourth-order valence-corrected chi connectivity index (χ4v) is 2.18. The highest BCUT2D eigenvalue weighted by molar-refractivity contribution is 9.10. The van der Waals surface area contributed by atoms with Crippen LogP contribution in [0.5, 0.6) is 0 Å². The first-order chi connectivity index (χ1) is 9.02. The zero-order chi connectivity index (χ0) is 14.3. The van der Waals surface area contributed by atoms with E-state index >= 15 is 0 Å². The van der Waals surface area contributed by atoms with Gasteiger partial charge in [-0.3, -0.25) is 4.90 Å². The maximum Gasteiger partial charge on any atom is 0.0630 e. The van der Waals surface area contributed by atoms with Crippen LogP contribution in [0.1, 0.15) is 19.4 Å². The molecule has 0 bridgehead atoms. The van der Waals surface area contributed by atoms with Crippen molar-refractivity contribution in [2.24, 2.45) is 0 Å². The van der Waals surface area contributed by atoms with E-state index in [9.17, 15) is 0 Å². The van der Waals surface area contributed by atoms with Crippen LogP contribution in [0.2, 0.25) is 0 Å². The molecule has 0 aromatic heterocycles. The minimum atomic E-state index is 0.385. The maximum atomic E-state index is 5.33. The number of hydrogen-bond donors (Lipinski definition) is 1. The van der Waals surface area contributed by atoms with E-state index in [0.29, 0.717) is 12.1 Å². The first kappa shape index (κ1) is 16.6. The smallest absolute Gasteiger partial charge is 0.0630 e. The number of methoxy groups -OCH3 is 1. The van der Waals surface area contributed by atoms with E-state index < -0.39 is 0 Å². The molecule has 1 N–H and O–H groups in total. The van der Waals surface area contributed by atoms with Gasteiger partial charge < -0.3 is 10.1 Å². The van der Waals surface area contributed by atoms with Crippen molar-refractivity contribution in [3.63, 3.8) is 0 Å². The summed E-state index contributed by atoms with van der Waals surface area (Å²) in [6.07, 6.45) is 0. The van der Waals surface area contributed by atoms with Crippen LogP contribution in [0.25, 0.3) is 0 Å². The standard InChI is InChI=1S/C15H25BrN2O/c1-12(2)17-9-15(11-19-4)18(3)10-13-5-7-14(16)8-6-13/h5-8,12,15,17H,9-11H2,1-4H3. The molecule has 1 atom stereocenters. The Hall–Kier alpha value is -0.420. The van der Waals surface area contributed by atoms with Gasteiger partial charge in [-0.25, -0.2) is 0 Å². The van der Waals surface area contributed by atoms with E-state index in [1.807, 2.05) is 0 Å². The first-order valence-corrected chi connectivity index (χ1v) is 7.49. The summed E-state index contributed by atoms with van der Waals surface area (Å²) in [4.78, 5) is 2.34. The van der Waals surface area contributed by atoms with Crippen molar-refractivity contribution in [3.8, 4) is 0 Å². The van der Waals surface area contributed by atoms with Crippen molar-refractivity contribution < 1.29 is 4.74 Å². The lowest BCUT2D eigenvalue weighted by Gasteiger charge is -2.28. The molecule has 0 aliphatic carbocycles. The summed E-state index contributed by atoms with van der Waals surface area (Å²) in [5, 5.41) is 3.48. The topological polar surface area (TPSA) is 24.5 Å². The van der Waals surface area contributed by atoms with Crippen LogP contribution in [0.4, 0.5) is 0 Å². The molecule has 19 heavy (non-hydrogen) atoms. The Bertz CT molecular complexity index is 354. The fourth-order valence-electron chi connectivity index (χ4n) is 1.91. The number of rotatable bonds is 8. The lowest BCUT2D eigenvalue weighted by atomic mass is 10.2. The van der Waals surface area contributed by atoms with Crippen molar-refractivity contribution in [1.82, 2.24) is 10.2 Å².